The second-order valence-corrected chi connectivity index (χ2v) is 8.51. The van der Waals surface area contributed by atoms with Crippen LogP contribution in [0.2, 0.25) is 5.15 Å². The van der Waals surface area contributed by atoms with Gasteiger partial charge in [-0.2, -0.15) is 9.61 Å². The third-order valence-electron chi connectivity index (χ3n) is 5.82. The van der Waals surface area contributed by atoms with Gasteiger partial charge in [0.2, 0.25) is 0 Å². The van der Waals surface area contributed by atoms with E-state index < -0.39 is 0 Å². The van der Waals surface area contributed by atoms with Gasteiger partial charge in [-0.1, -0.05) is 74.9 Å². The number of rotatable bonds is 10. The second kappa shape index (κ2) is 9.66. The van der Waals surface area contributed by atoms with E-state index in [4.69, 9.17) is 11.6 Å². The first-order valence-electron chi connectivity index (χ1n) is 11.4. The van der Waals surface area contributed by atoms with Crippen molar-refractivity contribution in [2.45, 2.75) is 52.0 Å². The lowest BCUT2D eigenvalue weighted by atomic mass is 10.1. The van der Waals surface area contributed by atoms with E-state index in [9.17, 15) is 0 Å². The Bertz CT molecular complexity index is 1390. The molecule has 0 bridgehead atoms. The first-order valence-corrected chi connectivity index (χ1v) is 11.8. The molecule has 0 spiro atoms. The molecule has 33 heavy (non-hydrogen) atoms. The number of unbranched alkanes of at least 4 members (excludes halogenated alkanes) is 5. The molecule has 0 atom stereocenters. The number of halogens is 1. The summed E-state index contributed by atoms with van der Waals surface area (Å²) in [4.78, 5) is 13.4. The van der Waals surface area contributed by atoms with Gasteiger partial charge in [-0.25, -0.2) is 15.0 Å². The van der Waals surface area contributed by atoms with Crippen molar-refractivity contribution in [2.24, 2.45) is 0 Å². The number of fused-ring (bicyclic) bond motifs is 4. The molecule has 0 aliphatic rings. The third-order valence-corrected chi connectivity index (χ3v) is 6.10. The summed E-state index contributed by atoms with van der Waals surface area (Å²) in [6, 6.07) is 7.78. The molecule has 0 saturated heterocycles. The van der Waals surface area contributed by atoms with Crippen molar-refractivity contribution in [1.29, 1.82) is 0 Å². The van der Waals surface area contributed by atoms with Crippen molar-refractivity contribution in [3.63, 3.8) is 0 Å². The highest BCUT2D eigenvalue weighted by Crippen LogP contribution is 2.25. The SMILES string of the molecule is CCCCCCCCNc1ncnc2c1ncn2Cc1nnc2c3ccccc3c(Cl)nn12. The van der Waals surface area contributed by atoms with Crippen LogP contribution in [-0.2, 0) is 6.54 Å². The molecule has 1 aromatic carbocycles. The maximum atomic E-state index is 6.42. The lowest BCUT2D eigenvalue weighted by molar-refractivity contribution is 0.617. The predicted molar refractivity (Wildman–Crippen MR) is 130 cm³/mol. The van der Waals surface area contributed by atoms with Crippen molar-refractivity contribution < 1.29 is 0 Å². The summed E-state index contributed by atoms with van der Waals surface area (Å²) in [5.74, 6) is 1.41. The van der Waals surface area contributed by atoms with Crippen molar-refractivity contribution in [3.8, 4) is 0 Å². The molecule has 5 rings (SSSR count). The average molecular weight is 464 g/mol. The minimum Gasteiger partial charge on any atom is -0.368 e. The van der Waals surface area contributed by atoms with Gasteiger partial charge in [0.05, 0.1) is 12.9 Å². The molecule has 0 amide bonds. The topological polar surface area (TPSA) is 98.7 Å². The van der Waals surface area contributed by atoms with Crippen molar-refractivity contribution in [3.05, 3.63) is 47.9 Å². The van der Waals surface area contributed by atoms with Crippen LogP contribution >= 0.6 is 11.6 Å². The largest absolute Gasteiger partial charge is 0.368 e. The van der Waals surface area contributed by atoms with Gasteiger partial charge in [0.25, 0.3) is 0 Å². The average Bonchev–Trinajstić information content (AvgIpc) is 3.44. The van der Waals surface area contributed by atoms with Crippen molar-refractivity contribution >= 4 is 45.0 Å². The molecule has 5 aromatic rings. The van der Waals surface area contributed by atoms with E-state index in [2.05, 4.69) is 42.5 Å². The number of hydrogen-bond acceptors (Lipinski definition) is 7. The molecule has 0 fully saturated rings. The maximum Gasteiger partial charge on any atom is 0.185 e. The van der Waals surface area contributed by atoms with Crippen LogP contribution in [0.1, 0.15) is 51.3 Å². The zero-order chi connectivity index (χ0) is 22.6. The molecule has 0 aliphatic heterocycles. The van der Waals surface area contributed by atoms with Crippen LogP contribution in [0.15, 0.2) is 36.9 Å². The summed E-state index contributed by atoms with van der Waals surface area (Å²) in [5, 5.41) is 18.8. The second-order valence-electron chi connectivity index (χ2n) is 8.15. The van der Waals surface area contributed by atoms with Crippen molar-refractivity contribution in [1.82, 2.24) is 39.3 Å². The molecule has 0 saturated carbocycles. The van der Waals surface area contributed by atoms with Gasteiger partial charge in [-0.3, -0.25) is 0 Å². The van der Waals surface area contributed by atoms with E-state index >= 15 is 0 Å². The van der Waals surface area contributed by atoms with Gasteiger partial charge in [0.15, 0.2) is 28.1 Å². The van der Waals surface area contributed by atoms with Gasteiger partial charge in [-0.05, 0) is 6.42 Å². The smallest absolute Gasteiger partial charge is 0.185 e. The lowest BCUT2D eigenvalue weighted by Gasteiger charge is -2.07. The molecule has 0 unspecified atom stereocenters. The number of benzene rings is 1. The van der Waals surface area contributed by atoms with Gasteiger partial charge in [0.1, 0.15) is 11.8 Å². The Hall–Kier alpha value is -3.33. The Morgan fingerprint density at radius 1 is 0.909 bits per heavy atom. The fourth-order valence-electron chi connectivity index (χ4n) is 4.07. The van der Waals surface area contributed by atoms with Crippen LogP contribution in [0.4, 0.5) is 5.82 Å². The van der Waals surface area contributed by atoms with Crippen LogP contribution in [0.3, 0.4) is 0 Å². The highest BCUT2D eigenvalue weighted by atomic mass is 35.5. The molecule has 4 heterocycles. The maximum absolute atomic E-state index is 6.42. The predicted octanol–water partition coefficient (Wildman–Crippen LogP) is 4.89. The zero-order valence-corrected chi connectivity index (χ0v) is 19.3. The number of nitrogens with one attached hydrogen (secondary N) is 1. The van der Waals surface area contributed by atoms with Gasteiger partial charge < -0.3 is 9.88 Å². The normalized spacial score (nSPS) is 11.7. The van der Waals surface area contributed by atoms with E-state index in [0.717, 1.165) is 40.7 Å². The molecule has 0 aliphatic carbocycles. The first kappa shape index (κ1) is 21.5. The molecule has 4 aromatic heterocycles. The third kappa shape index (κ3) is 4.32. The van der Waals surface area contributed by atoms with Gasteiger partial charge >= 0.3 is 0 Å². The minimum absolute atomic E-state index is 0.410. The van der Waals surface area contributed by atoms with Crippen LogP contribution in [0, 0.1) is 0 Å². The summed E-state index contributed by atoms with van der Waals surface area (Å²) in [7, 11) is 0. The molecule has 1 N–H and O–H groups in total. The molecule has 9 nitrogen and oxygen atoms in total. The Morgan fingerprint density at radius 2 is 1.73 bits per heavy atom. The molecule has 0 radical (unpaired) electrons. The number of imidazole rings is 1. The summed E-state index contributed by atoms with van der Waals surface area (Å²) in [6.07, 6.45) is 10.8. The van der Waals surface area contributed by atoms with Crippen LogP contribution in [0.5, 0.6) is 0 Å². The minimum atomic E-state index is 0.410. The summed E-state index contributed by atoms with van der Waals surface area (Å²) < 4.78 is 3.61. The summed E-state index contributed by atoms with van der Waals surface area (Å²) in [6.45, 7) is 3.52. The highest BCUT2D eigenvalue weighted by molar-refractivity contribution is 6.34. The Kier molecular flexibility index (Phi) is 6.30. The monoisotopic (exact) mass is 463 g/mol. The number of hydrogen-bond donors (Lipinski definition) is 1. The van der Waals surface area contributed by atoms with E-state index in [-0.39, 0.29) is 0 Å². The Balaban J connectivity index is 1.35. The fourth-order valence-corrected chi connectivity index (χ4v) is 4.31. The molecular weight excluding hydrogens is 438 g/mol. The van der Waals surface area contributed by atoms with Gasteiger partial charge in [0, 0.05) is 17.3 Å². The standard InChI is InChI=1S/C23H26ClN9/c1-2-3-4-5-6-9-12-25-21-19-23(27-14-26-21)32(15-28-19)13-18-29-30-22-17-11-8-7-10-16(17)20(24)31-33(18)22/h7-8,10-11,14-15H,2-6,9,12-13H2,1H3,(H,25,26,27). The summed E-state index contributed by atoms with van der Waals surface area (Å²) in [5.41, 5.74) is 2.15. The number of aromatic nitrogens is 8. The Morgan fingerprint density at radius 3 is 2.61 bits per heavy atom. The quantitative estimate of drug-likeness (QED) is 0.294. The van der Waals surface area contributed by atoms with E-state index in [1.165, 1.54) is 32.1 Å². The zero-order valence-electron chi connectivity index (χ0n) is 18.6. The fraction of sp³-hybridized carbons (Fsp3) is 0.391. The number of anilines is 1. The van der Waals surface area contributed by atoms with Crippen LogP contribution in [-0.4, -0.2) is 45.9 Å². The first-order chi connectivity index (χ1) is 16.3. The van der Waals surface area contributed by atoms with Gasteiger partial charge in [-0.15, -0.1) is 10.2 Å². The molecule has 10 heteroatoms. The van der Waals surface area contributed by atoms with Crippen LogP contribution in [0.25, 0.3) is 27.6 Å². The van der Waals surface area contributed by atoms with E-state index in [0.29, 0.717) is 23.2 Å². The van der Waals surface area contributed by atoms with E-state index in [1.54, 1.807) is 17.2 Å². The molecule has 170 valence electrons. The van der Waals surface area contributed by atoms with Crippen molar-refractivity contribution in [2.75, 3.05) is 11.9 Å². The molecular formula is C23H26ClN9. The lowest BCUT2D eigenvalue weighted by Crippen LogP contribution is -2.07. The highest BCUT2D eigenvalue weighted by Gasteiger charge is 2.16. The number of nitrogens with zero attached hydrogens (tertiary/aromatic N) is 8. The summed E-state index contributed by atoms with van der Waals surface area (Å²) >= 11 is 6.42. The van der Waals surface area contributed by atoms with Crippen LogP contribution < -0.4 is 5.32 Å². The Labute approximate surface area is 196 Å². The van der Waals surface area contributed by atoms with E-state index in [1.807, 2.05) is 28.8 Å².